The van der Waals surface area contributed by atoms with Crippen molar-refractivity contribution < 1.29 is 9.53 Å². The third-order valence-corrected chi connectivity index (χ3v) is 3.13. The van der Waals surface area contributed by atoms with Gasteiger partial charge in [0.2, 0.25) is 0 Å². The summed E-state index contributed by atoms with van der Waals surface area (Å²) in [6, 6.07) is 5.64. The molecule has 0 radical (unpaired) electrons. The molecule has 0 amide bonds. The van der Waals surface area contributed by atoms with Gasteiger partial charge >= 0.3 is 0 Å². The summed E-state index contributed by atoms with van der Waals surface area (Å²) in [6.45, 7) is 2.60. The van der Waals surface area contributed by atoms with Crippen molar-refractivity contribution in [3.8, 4) is 0 Å². The molecule has 1 aliphatic rings. The molecule has 0 N–H and O–H groups in total. The number of carbonyl (C=O) groups is 1. The lowest BCUT2D eigenvalue weighted by atomic mass is 9.89. The Labute approximate surface area is 95.8 Å². The number of pyridine rings is 1. The number of aromatic nitrogens is 1. The van der Waals surface area contributed by atoms with E-state index in [-0.39, 0.29) is 5.78 Å². The van der Waals surface area contributed by atoms with Crippen LogP contribution in [0.2, 0.25) is 0 Å². The predicted molar refractivity (Wildman–Crippen MR) is 61.2 cm³/mol. The van der Waals surface area contributed by atoms with Gasteiger partial charge in [0.1, 0.15) is 5.60 Å². The lowest BCUT2D eigenvalue weighted by molar-refractivity contribution is -0.147. The van der Waals surface area contributed by atoms with E-state index in [4.69, 9.17) is 4.74 Å². The first-order valence-electron chi connectivity index (χ1n) is 5.78. The topological polar surface area (TPSA) is 39.2 Å². The highest BCUT2D eigenvalue weighted by atomic mass is 16.5. The number of carbonyl (C=O) groups excluding carboxylic acids is 1. The summed E-state index contributed by atoms with van der Waals surface area (Å²) in [5.41, 5.74) is 0.235. The molecular formula is C13H17NO2. The third kappa shape index (κ3) is 2.47. The van der Waals surface area contributed by atoms with Gasteiger partial charge in [-0.15, -0.1) is 0 Å². The smallest absolute Gasteiger partial charge is 0.170 e. The van der Waals surface area contributed by atoms with E-state index in [0.29, 0.717) is 13.0 Å². The fourth-order valence-corrected chi connectivity index (χ4v) is 2.01. The Kier molecular flexibility index (Phi) is 3.34. The van der Waals surface area contributed by atoms with Crippen LogP contribution < -0.4 is 0 Å². The second kappa shape index (κ2) is 4.74. The lowest BCUT2D eigenvalue weighted by Gasteiger charge is -2.32. The summed E-state index contributed by atoms with van der Waals surface area (Å²) in [6.07, 6.45) is 5.06. The molecule has 1 saturated heterocycles. The summed E-state index contributed by atoms with van der Waals surface area (Å²) in [5, 5.41) is 0. The van der Waals surface area contributed by atoms with Gasteiger partial charge in [-0.1, -0.05) is 6.07 Å². The molecule has 0 aromatic carbocycles. The fourth-order valence-electron chi connectivity index (χ4n) is 2.01. The minimum absolute atomic E-state index is 0.144. The molecule has 0 bridgehead atoms. The average Bonchev–Trinajstić information content (AvgIpc) is 2.31. The normalized spacial score (nSPS) is 25.3. The first-order chi connectivity index (χ1) is 7.71. The average molecular weight is 219 g/mol. The zero-order valence-corrected chi connectivity index (χ0v) is 9.61. The molecule has 1 fully saturated rings. The van der Waals surface area contributed by atoms with Crippen LogP contribution in [0.15, 0.2) is 24.4 Å². The minimum atomic E-state index is -0.588. The van der Waals surface area contributed by atoms with E-state index in [1.807, 2.05) is 25.1 Å². The van der Waals surface area contributed by atoms with Crippen molar-refractivity contribution in [3.05, 3.63) is 30.1 Å². The molecule has 1 unspecified atom stereocenters. The van der Waals surface area contributed by atoms with Crippen LogP contribution in [0.1, 0.15) is 31.9 Å². The molecule has 16 heavy (non-hydrogen) atoms. The Morgan fingerprint density at radius 3 is 3.00 bits per heavy atom. The molecule has 2 rings (SSSR count). The summed E-state index contributed by atoms with van der Waals surface area (Å²) >= 11 is 0. The highest BCUT2D eigenvalue weighted by molar-refractivity contribution is 5.88. The molecule has 0 saturated carbocycles. The van der Waals surface area contributed by atoms with E-state index in [9.17, 15) is 4.79 Å². The molecule has 3 nitrogen and oxygen atoms in total. The highest BCUT2D eigenvalue weighted by Gasteiger charge is 2.35. The maximum atomic E-state index is 12.1. The molecule has 1 aliphatic heterocycles. The van der Waals surface area contributed by atoms with Crippen LogP contribution in [0.4, 0.5) is 0 Å². The Balaban J connectivity index is 2.02. The van der Waals surface area contributed by atoms with E-state index < -0.39 is 5.60 Å². The number of Topliss-reactive ketones (excluding diaryl/α,β-unsaturated/α-hetero) is 1. The molecule has 1 atom stereocenters. The van der Waals surface area contributed by atoms with E-state index in [1.165, 1.54) is 0 Å². The van der Waals surface area contributed by atoms with Gasteiger partial charge in [-0.25, -0.2) is 0 Å². The predicted octanol–water partition coefficient (Wildman–Crippen LogP) is 2.15. The SMILES string of the molecule is CC1(C(=O)Cc2ccccn2)CCCCO1. The zero-order valence-electron chi connectivity index (χ0n) is 9.61. The van der Waals surface area contributed by atoms with Crippen molar-refractivity contribution in [1.29, 1.82) is 0 Å². The van der Waals surface area contributed by atoms with Crippen molar-refractivity contribution >= 4 is 5.78 Å². The van der Waals surface area contributed by atoms with Crippen molar-refractivity contribution in [2.75, 3.05) is 6.61 Å². The van der Waals surface area contributed by atoms with Crippen LogP contribution in [-0.2, 0) is 16.0 Å². The van der Waals surface area contributed by atoms with E-state index in [0.717, 1.165) is 25.0 Å². The van der Waals surface area contributed by atoms with Gasteiger partial charge in [0.15, 0.2) is 5.78 Å². The molecule has 1 aromatic rings. The summed E-state index contributed by atoms with van der Waals surface area (Å²) in [7, 11) is 0. The van der Waals surface area contributed by atoms with E-state index >= 15 is 0 Å². The second-order valence-electron chi connectivity index (χ2n) is 4.46. The van der Waals surface area contributed by atoms with E-state index in [1.54, 1.807) is 6.20 Å². The van der Waals surface area contributed by atoms with Crippen LogP contribution in [0.25, 0.3) is 0 Å². The van der Waals surface area contributed by atoms with Crippen molar-refractivity contribution in [2.45, 2.75) is 38.2 Å². The fraction of sp³-hybridized carbons (Fsp3) is 0.538. The Morgan fingerprint density at radius 1 is 1.50 bits per heavy atom. The van der Waals surface area contributed by atoms with Gasteiger partial charge in [-0.3, -0.25) is 9.78 Å². The van der Waals surface area contributed by atoms with Gasteiger partial charge in [0.05, 0.1) is 6.42 Å². The molecule has 1 aromatic heterocycles. The minimum Gasteiger partial charge on any atom is -0.367 e. The first-order valence-corrected chi connectivity index (χ1v) is 5.78. The maximum Gasteiger partial charge on any atom is 0.170 e. The van der Waals surface area contributed by atoms with Gasteiger partial charge in [0, 0.05) is 18.5 Å². The molecule has 0 aliphatic carbocycles. The number of hydrogen-bond donors (Lipinski definition) is 0. The third-order valence-electron chi connectivity index (χ3n) is 3.13. The molecular weight excluding hydrogens is 202 g/mol. The number of nitrogens with zero attached hydrogens (tertiary/aromatic N) is 1. The maximum absolute atomic E-state index is 12.1. The monoisotopic (exact) mass is 219 g/mol. The zero-order chi connectivity index (χ0) is 11.4. The van der Waals surface area contributed by atoms with Crippen LogP contribution in [-0.4, -0.2) is 23.0 Å². The largest absolute Gasteiger partial charge is 0.367 e. The summed E-state index contributed by atoms with van der Waals surface area (Å²) in [4.78, 5) is 16.3. The Morgan fingerprint density at radius 2 is 2.38 bits per heavy atom. The van der Waals surface area contributed by atoms with Crippen molar-refractivity contribution in [3.63, 3.8) is 0 Å². The van der Waals surface area contributed by atoms with Crippen LogP contribution in [0, 0.1) is 0 Å². The van der Waals surface area contributed by atoms with E-state index in [2.05, 4.69) is 4.98 Å². The number of rotatable bonds is 3. The standard InChI is InChI=1S/C13H17NO2/c1-13(7-3-5-9-16-13)12(15)10-11-6-2-4-8-14-11/h2,4,6,8H,3,5,7,9-10H2,1H3. The van der Waals surface area contributed by atoms with Gasteiger partial charge in [-0.05, 0) is 38.3 Å². The molecule has 3 heteroatoms. The quantitative estimate of drug-likeness (QED) is 0.782. The Bertz CT molecular complexity index is 355. The van der Waals surface area contributed by atoms with Crippen LogP contribution >= 0.6 is 0 Å². The number of ketones is 1. The van der Waals surface area contributed by atoms with Gasteiger partial charge < -0.3 is 4.74 Å². The van der Waals surface area contributed by atoms with Gasteiger partial charge in [-0.2, -0.15) is 0 Å². The highest BCUT2D eigenvalue weighted by Crippen LogP contribution is 2.26. The second-order valence-corrected chi connectivity index (χ2v) is 4.46. The van der Waals surface area contributed by atoms with Crippen LogP contribution in [0.3, 0.4) is 0 Å². The Hall–Kier alpha value is -1.22. The number of ether oxygens (including phenoxy) is 1. The summed E-state index contributed by atoms with van der Waals surface area (Å²) < 4.78 is 5.62. The van der Waals surface area contributed by atoms with Crippen molar-refractivity contribution in [1.82, 2.24) is 4.98 Å². The van der Waals surface area contributed by atoms with Gasteiger partial charge in [0.25, 0.3) is 0 Å². The van der Waals surface area contributed by atoms with Crippen molar-refractivity contribution in [2.24, 2.45) is 0 Å². The molecule has 2 heterocycles. The molecule has 86 valence electrons. The number of hydrogen-bond acceptors (Lipinski definition) is 3. The summed E-state index contributed by atoms with van der Waals surface area (Å²) in [5.74, 6) is 0.144. The molecule has 0 spiro atoms. The van der Waals surface area contributed by atoms with Crippen LogP contribution in [0.5, 0.6) is 0 Å². The first kappa shape index (κ1) is 11.3. The lowest BCUT2D eigenvalue weighted by Crippen LogP contribution is -2.42.